The van der Waals surface area contributed by atoms with Crippen LogP contribution in [0, 0.1) is 5.92 Å². The van der Waals surface area contributed by atoms with Crippen LogP contribution in [-0.4, -0.2) is 11.1 Å². The summed E-state index contributed by atoms with van der Waals surface area (Å²) >= 11 is 0. The minimum atomic E-state index is -0.687. The van der Waals surface area contributed by atoms with Crippen molar-refractivity contribution in [3.63, 3.8) is 0 Å². The SMILES string of the molecule is O=C(O)C(CC1CCC1)c1ccccc1. The topological polar surface area (TPSA) is 37.3 Å². The van der Waals surface area contributed by atoms with Crippen molar-refractivity contribution in [2.24, 2.45) is 5.92 Å². The number of carboxylic acids is 1. The molecule has 1 aliphatic rings. The van der Waals surface area contributed by atoms with Crippen molar-refractivity contribution >= 4 is 5.97 Å². The molecular formula is C13H16O2. The third-order valence-corrected chi connectivity index (χ3v) is 3.29. The molecule has 1 fully saturated rings. The molecule has 80 valence electrons. The third kappa shape index (κ3) is 2.38. The van der Waals surface area contributed by atoms with Crippen LogP contribution in [0.15, 0.2) is 30.3 Å². The van der Waals surface area contributed by atoms with E-state index in [2.05, 4.69) is 0 Å². The Labute approximate surface area is 89.9 Å². The van der Waals surface area contributed by atoms with E-state index in [1.54, 1.807) is 0 Å². The molecule has 1 unspecified atom stereocenters. The van der Waals surface area contributed by atoms with Crippen LogP contribution in [0.1, 0.15) is 37.2 Å². The van der Waals surface area contributed by atoms with E-state index in [0.29, 0.717) is 5.92 Å². The van der Waals surface area contributed by atoms with Crippen LogP contribution in [0.3, 0.4) is 0 Å². The van der Waals surface area contributed by atoms with Crippen molar-refractivity contribution < 1.29 is 9.90 Å². The van der Waals surface area contributed by atoms with Crippen molar-refractivity contribution in [1.29, 1.82) is 0 Å². The molecule has 0 radical (unpaired) electrons. The van der Waals surface area contributed by atoms with Gasteiger partial charge in [-0.15, -0.1) is 0 Å². The van der Waals surface area contributed by atoms with Crippen LogP contribution >= 0.6 is 0 Å². The van der Waals surface area contributed by atoms with E-state index in [-0.39, 0.29) is 5.92 Å². The number of hydrogen-bond donors (Lipinski definition) is 1. The van der Waals surface area contributed by atoms with Crippen molar-refractivity contribution in [1.82, 2.24) is 0 Å². The van der Waals surface area contributed by atoms with Crippen molar-refractivity contribution in [2.75, 3.05) is 0 Å². The molecule has 0 aliphatic heterocycles. The van der Waals surface area contributed by atoms with Gasteiger partial charge in [0.25, 0.3) is 0 Å². The molecule has 0 aromatic heterocycles. The lowest BCUT2D eigenvalue weighted by molar-refractivity contribution is -0.139. The van der Waals surface area contributed by atoms with Gasteiger partial charge in [0.1, 0.15) is 0 Å². The molecule has 2 heteroatoms. The Balaban J connectivity index is 2.08. The Bertz CT molecular complexity index is 328. The van der Waals surface area contributed by atoms with Crippen LogP contribution < -0.4 is 0 Å². The molecule has 0 bridgehead atoms. The van der Waals surface area contributed by atoms with Gasteiger partial charge in [-0.2, -0.15) is 0 Å². The first kappa shape index (κ1) is 10.2. The molecule has 1 aromatic rings. The number of carboxylic acid groups (broad SMARTS) is 1. The molecule has 1 N–H and O–H groups in total. The van der Waals surface area contributed by atoms with Gasteiger partial charge >= 0.3 is 5.97 Å². The maximum Gasteiger partial charge on any atom is 0.310 e. The van der Waals surface area contributed by atoms with E-state index >= 15 is 0 Å². The largest absolute Gasteiger partial charge is 0.481 e. The average Bonchev–Trinajstić information content (AvgIpc) is 2.17. The van der Waals surface area contributed by atoms with Crippen LogP contribution in [0.4, 0.5) is 0 Å². The predicted octanol–water partition coefficient (Wildman–Crippen LogP) is 3.05. The zero-order valence-electron chi connectivity index (χ0n) is 8.73. The van der Waals surface area contributed by atoms with Gasteiger partial charge in [0.05, 0.1) is 5.92 Å². The van der Waals surface area contributed by atoms with Gasteiger partial charge in [0.15, 0.2) is 0 Å². The minimum absolute atomic E-state index is 0.309. The summed E-state index contributed by atoms with van der Waals surface area (Å²) in [6.45, 7) is 0. The minimum Gasteiger partial charge on any atom is -0.481 e. The van der Waals surface area contributed by atoms with Gasteiger partial charge in [0.2, 0.25) is 0 Å². The second-order valence-corrected chi connectivity index (χ2v) is 4.33. The first-order valence-corrected chi connectivity index (χ1v) is 5.55. The third-order valence-electron chi connectivity index (χ3n) is 3.29. The summed E-state index contributed by atoms with van der Waals surface area (Å²) in [5, 5.41) is 9.20. The van der Waals surface area contributed by atoms with Crippen molar-refractivity contribution in [2.45, 2.75) is 31.6 Å². The molecule has 1 aromatic carbocycles. The maximum absolute atomic E-state index is 11.2. The molecule has 0 amide bonds. The van der Waals surface area contributed by atoms with Crippen LogP contribution in [0.2, 0.25) is 0 Å². The fourth-order valence-electron chi connectivity index (χ4n) is 2.13. The molecule has 1 saturated carbocycles. The maximum atomic E-state index is 11.2. The first-order valence-electron chi connectivity index (χ1n) is 5.55. The highest BCUT2D eigenvalue weighted by atomic mass is 16.4. The summed E-state index contributed by atoms with van der Waals surface area (Å²) in [7, 11) is 0. The fraction of sp³-hybridized carbons (Fsp3) is 0.462. The van der Waals surface area contributed by atoms with Gasteiger partial charge in [-0.25, -0.2) is 0 Å². The monoisotopic (exact) mass is 204 g/mol. The molecule has 2 nitrogen and oxygen atoms in total. The van der Waals surface area contributed by atoms with Gasteiger partial charge in [-0.05, 0) is 17.9 Å². The van der Waals surface area contributed by atoms with Gasteiger partial charge in [-0.3, -0.25) is 4.79 Å². The Hall–Kier alpha value is -1.31. The predicted molar refractivity (Wildman–Crippen MR) is 58.8 cm³/mol. The molecule has 1 atom stereocenters. The molecule has 15 heavy (non-hydrogen) atoms. The summed E-state index contributed by atoms with van der Waals surface area (Å²) in [5.74, 6) is -0.365. The zero-order chi connectivity index (χ0) is 10.7. The molecule has 0 spiro atoms. The van der Waals surface area contributed by atoms with Gasteiger partial charge in [-0.1, -0.05) is 49.6 Å². The Morgan fingerprint density at radius 1 is 1.33 bits per heavy atom. The average molecular weight is 204 g/mol. The van der Waals surface area contributed by atoms with Crippen LogP contribution in [0.5, 0.6) is 0 Å². The zero-order valence-corrected chi connectivity index (χ0v) is 8.73. The highest BCUT2D eigenvalue weighted by Crippen LogP contribution is 2.35. The van der Waals surface area contributed by atoms with Crippen LogP contribution in [0.25, 0.3) is 0 Å². The molecule has 0 saturated heterocycles. The molecule has 0 heterocycles. The van der Waals surface area contributed by atoms with E-state index in [1.165, 1.54) is 19.3 Å². The van der Waals surface area contributed by atoms with Gasteiger partial charge < -0.3 is 5.11 Å². The Morgan fingerprint density at radius 3 is 2.47 bits per heavy atom. The number of aliphatic carboxylic acids is 1. The summed E-state index contributed by atoms with van der Waals surface area (Å²) in [6.07, 6.45) is 4.48. The Kier molecular flexibility index (Phi) is 3.05. The molecule has 2 rings (SSSR count). The number of rotatable bonds is 4. The number of carbonyl (C=O) groups is 1. The van der Waals surface area contributed by atoms with E-state index in [1.807, 2.05) is 30.3 Å². The Morgan fingerprint density at radius 2 is 2.00 bits per heavy atom. The summed E-state index contributed by atoms with van der Waals surface area (Å²) in [4.78, 5) is 11.2. The fourth-order valence-corrected chi connectivity index (χ4v) is 2.13. The normalized spacial score (nSPS) is 18.1. The highest BCUT2D eigenvalue weighted by molar-refractivity contribution is 5.76. The van der Waals surface area contributed by atoms with Gasteiger partial charge in [0, 0.05) is 0 Å². The molecule has 1 aliphatic carbocycles. The lowest BCUT2D eigenvalue weighted by Gasteiger charge is -2.28. The van der Waals surface area contributed by atoms with E-state index in [9.17, 15) is 9.90 Å². The van der Waals surface area contributed by atoms with E-state index in [0.717, 1.165) is 12.0 Å². The highest BCUT2D eigenvalue weighted by Gasteiger charge is 2.27. The first-order chi connectivity index (χ1) is 7.27. The number of benzene rings is 1. The van der Waals surface area contributed by atoms with E-state index < -0.39 is 5.97 Å². The lowest BCUT2D eigenvalue weighted by atomic mass is 9.77. The molecular weight excluding hydrogens is 188 g/mol. The van der Waals surface area contributed by atoms with Crippen LogP contribution in [-0.2, 0) is 4.79 Å². The van der Waals surface area contributed by atoms with E-state index in [4.69, 9.17) is 0 Å². The van der Waals surface area contributed by atoms with Crippen molar-refractivity contribution in [3.05, 3.63) is 35.9 Å². The number of hydrogen-bond acceptors (Lipinski definition) is 1. The second-order valence-electron chi connectivity index (χ2n) is 4.33. The second kappa shape index (κ2) is 4.47. The quantitative estimate of drug-likeness (QED) is 0.818. The summed E-state index contributed by atoms with van der Waals surface area (Å²) in [5.41, 5.74) is 0.942. The lowest BCUT2D eigenvalue weighted by Crippen LogP contribution is -2.20. The van der Waals surface area contributed by atoms with Crippen molar-refractivity contribution in [3.8, 4) is 0 Å². The summed E-state index contributed by atoms with van der Waals surface area (Å²) in [6, 6.07) is 9.57. The summed E-state index contributed by atoms with van der Waals surface area (Å²) < 4.78 is 0. The standard InChI is InChI=1S/C13H16O2/c14-13(15)12(9-10-5-4-6-10)11-7-2-1-3-8-11/h1-3,7-8,10,12H,4-6,9H2,(H,14,15). The smallest absolute Gasteiger partial charge is 0.310 e.